The van der Waals surface area contributed by atoms with Crippen molar-refractivity contribution in [1.29, 1.82) is 0 Å². The molecule has 0 aliphatic carbocycles. The van der Waals surface area contributed by atoms with Crippen LogP contribution in [0.3, 0.4) is 0 Å². The molecule has 1 saturated heterocycles. The molecule has 8 heteroatoms. The van der Waals surface area contributed by atoms with Gasteiger partial charge in [0, 0.05) is 37.8 Å². The molecule has 1 heterocycles. The van der Waals surface area contributed by atoms with Gasteiger partial charge in [0.15, 0.2) is 5.96 Å². The van der Waals surface area contributed by atoms with Crippen molar-refractivity contribution >= 4 is 17.6 Å². The van der Waals surface area contributed by atoms with Gasteiger partial charge >= 0.3 is 0 Å². The summed E-state index contributed by atoms with van der Waals surface area (Å²) in [7, 11) is 0. The monoisotopic (exact) mass is 429 g/mol. The molecule has 6 nitrogen and oxygen atoms in total. The zero-order valence-corrected chi connectivity index (χ0v) is 17.9. The quantitative estimate of drug-likeness (QED) is 0.468. The number of amides is 1. The van der Waals surface area contributed by atoms with Crippen LogP contribution < -0.4 is 20.9 Å². The summed E-state index contributed by atoms with van der Waals surface area (Å²) in [5, 5.41) is 9.35. The lowest BCUT2D eigenvalue weighted by Gasteiger charge is -2.21. The second-order valence-corrected chi connectivity index (χ2v) is 7.40. The molecule has 2 aromatic rings. The van der Waals surface area contributed by atoms with Crippen LogP contribution in [0, 0.1) is 11.6 Å². The van der Waals surface area contributed by atoms with Crippen LogP contribution in [-0.4, -0.2) is 44.1 Å². The second kappa shape index (κ2) is 10.7. The molecule has 3 N–H and O–H groups in total. The Labute approximate surface area is 181 Å². The fourth-order valence-corrected chi connectivity index (χ4v) is 3.63. The molecule has 1 aliphatic rings. The number of guanidine groups is 1. The lowest BCUT2D eigenvalue weighted by atomic mass is 10.1. The molecule has 0 bridgehead atoms. The van der Waals surface area contributed by atoms with Gasteiger partial charge in [0.1, 0.15) is 17.3 Å². The lowest BCUT2D eigenvalue weighted by molar-refractivity contribution is 0.0955. The minimum atomic E-state index is -0.548. The molecule has 0 aromatic heterocycles. The van der Waals surface area contributed by atoms with E-state index in [2.05, 4.69) is 20.9 Å². The van der Waals surface area contributed by atoms with Crippen molar-refractivity contribution < 1.29 is 13.6 Å². The third-order valence-corrected chi connectivity index (χ3v) is 5.07. The Morgan fingerprint density at radius 2 is 1.81 bits per heavy atom. The van der Waals surface area contributed by atoms with E-state index >= 15 is 0 Å². The van der Waals surface area contributed by atoms with E-state index in [1.54, 1.807) is 11.0 Å². The SMILES string of the molecule is CCNC(=O)c1cccc(CN=C(NCC)NC2CCN(c3c(F)cccc3F)C2)c1. The second-order valence-electron chi connectivity index (χ2n) is 7.40. The predicted octanol–water partition coefficient (Wildman–Crippen LogP) is 3.05. The summed E-state index contributed by atoms with van der Waals surface area (Å²) in [6, 6.07) is 11.3. The maximum absolute atomic E-state index is 14.1. The van der Waals surface area contributed by atoms with Gasteiger partial charge in [-0.1, -0.05) is 18.2 Å². The Morgan fingerprint density at radius 3 is 2.52 bits per heavy atom. The average Bonchev–Trinajstić information content (AvgIpc) is 3.20. The van der Waals surface area contributed by atoms with Crippen LogP contribution in [0.2, 0.25) is 0 Å². The molecule has 1 amide bonds. The number of nitrogens with one attached hydrogen (secondary N) is 3. The number of aliphatic imine (C=N–C) groups is 1. The number of para-hydroxylation sites is 1. The summed E-state index contributed by atoms with van der Waals surface area (Å²) in [4.78, 5) is 18.4. The normalized spacial score (nSPS) is 16.3. The van der Waals surface area contributed by atoms with Crippen molar-refractivity contribution in [1.82, 2.24) is 16.0 Å². The first-order chi connectivity index (χ1) is 15.0. The number of nitrogens with zero attached hydrogens (tertiary/aromatic N) is 2. The minimum absolute atomic E-state index is 0.0125. The van der Waals surface area contributed by atoms with Crippen molar-refractivity contribution in [3.63, 3.8) is 0 Å². The first-order valence-electron chi connectivity index (χ1n) is 10.6. The number of anilines is 1. The molecule has 31 heavy (non-hydrogen) atoms. The fraction of sp³-hybridized carbons (Fsp3) is 0.391. The third-order valence-electron chi connectivity index (χ3n) is 5.07. The molecule has 1 unspecified atom stereocenters. The Kier molecular flexibility index (Phi) is 7.81. The molecule has 1 fully saturated rings. The summed E-state index contributed by atoms with van der Waals surface area (Å²) in [6.45, 7) is 6.56. The molecular formula is C23H29F2N5O. The van der Waals surface area contributed by atoms with Crippen LogP contribution in [0.15, 0.2) is 47.5 Å². The van der Waals surface area contributed by atoms with Crippen LogP contribution >= 0.6 is 0 Å². The predicted molar refractivity (Wildman–Crippen MR) is 119 cm³/mol. The smallest absolute Gasteiger partial charge is 0.251 e. The first-order valence-corrected chi connectivity index (χ1v) is 10.6. The zero-order valence-electron chi connectivity index (χ0n) is 17.9. The van der Waals surface area contributed by atoms with Gasteiger partial charge in [0.25, 0.3) is 5.91 Å². The van der Waals surface area contributed by atoms with Gasteiger partial charge in [-0.05, 0) is 50.1 Å². The van der Waals surface area contributed by atoms with E-state index in [9.17, 15) is 13.6 Å². The highest BCUT2D eigenvalue weighted by Gasteiger charge is 2.27. The van der Waals surface area contributed by atoms with Gasteiger partial charge < -0.3 is 20.9 Å². The lowest BCUT2D eigenvalue weighted by Crippen LogP contribution is -2.44. The van der Waals surface area contributed by atoms with Gasteiger partial charge in [0.05, 0.1) is 6.54 Å². The van der Waals surface area contributed by atoms with Crippen LogP contribution in [0.4, 0.5) is 14.5 Å². The van der Waals surface area contributed by atoms with Gasteiger partial charge in [-0.2, -0.15) is 0 Å². The molecular weight excluding hydrogens is 400 g/mol. The van der Waals surface area contributed by atoms with Crippen LogP contribution in [-0.2, 0) is 6.54 Å². The number of hydrogen-bond acceptors (Lipinski definition) is 3. The van der Waals surface area contributed by atoms with Crippen molar-refractivity contribution in [2.24, 2.45) is 4.99 Å². The number of hydrogen-bond donors (Lipinski definition) is 3. The number of benzene rings is 2. The highest BCUT2D eigenvalue weighted by atomic mass is 19.1. The average molecular weight is 430 g/mol. The van der Waals surface area contributed by atoms with Gasteiger partial charge in [-0.3, -0.25) is 4.79 Å². The maximum atomic E-state index is 14.1. The van der Waals surface area contributed by atoms with Gasteiger partial charge in [-0.15, -0.1) is 0 Å². The summed E-state index contributed by atoms with van der Waals surface area (Å²) in [6.07, 6.45) is 0.741. The van der Waals surface area contributed by atoms with E-state index in [4.69, 9.17) is 0 Å². The number of halogens is 2. The molecule has 0 spiro atoms. The number of carbonyl (C=O) groups is 1. The third kappa shape index (κ3) is 5.93. The topological polar surface area (TPSA) is 68.8 Å². The minimum Gasteiger partial charge on any atom is -0.365 e. The molecule has 166 valence electrons. The largest absolute Gasteiger partial charge is 0.365 e. The summed E-state index contributed by atoms with van der Waals surface area (Å²) < 4.78 is 28.2. The summed E-state index contributed by atoms with van der Waals surface area (Å²) in [5.41, 5.74) is 1.55. The highest BCUT2D eigenvalue weighted by molar-refractivity contribution is 5.94. The summed E-state index contributed by atoms with van der Waals surface area (Å²) in [5.74, 6) is -0.571. The van der Waals surface area contributed by atoms with Crippen LogP contribution in [0.1, 0.15) is 36.2 Å². The molecule has 1 atom stereocenters. The van der Waals surface area contributed by atoms with Gasteiger partial charge in [0.2, 0.25) is 0 Å². The van der Waals surface area contributed by atoms with E-state index in [0.29, 0.717) is 44.2 Å². The molecule has 1 aliphatic heterocycles. The molecule has 2 aromatic carbocycles. The number of carbonyl (C=O) groups excluding carboxylic acids is 1. The Hall–Kier alpha value is -3.16. The van der Waals surface area contributed by atoms with Crippen LogP contribution in [0.25, 0.3) is 0 Å². The van der Waals surface area contributed by atoms with Gasteiger partial charge in [-0.25, -0.2) is 13.8 Å². The molecule has 3 rings (SSSR count). The summed E-state index contributed by atoms with van der Waals surface area (Å²) >= 11 is 0. The Morgan fingerprint density at radius 1 is 1.10 bits per heavy atom. The van der Waals surface area contributed by atoms with Crippen molar-refractivity contribution in [3.8, 4) is 0 Å². The standard InChI is InChI=1S/C23H29F2N5O/c1-3-26-22(31)17-8-5-7-16(13-17)14-28-23(27-4-2)29-18-11-12-30(15-18)21-19(24)9-6-10-20(21)25/h5-10,13,18H,3-4,11-12,14-15H2,1-2H3,(H,26,31)(H2,27,28,29). The Bertz CT molecular complexity index is 914. The molecule has 0 saturated carbocycles. The van der Waals surface area contributed by atoms with Crippen LogP contribution in [0.5, 0.6) is 0 Å². The van der Waals surface area contributed by atoms with E-state index in [-0.39, 0.29) is 17.6 Å². The zero-order chi connectivity index (χ0) is 22.2. The number of rotatable bonds is 7. The van der Waals surface area contributed by atoms with E-state index in [0.717, 1.165) is 12.0 Å². The van der Waals surface area contributed by atoms with E-state index in [1.807, 2.05) is 32.0 Å². The maximum Gasteiger partial charge on any atom is 0.251 e. The Balaban J connectivity index is 1.64. The fourth-order valence-electron chi connectivity index (χ4n) is 3.63. The van der Waals surface area contributed by atoms with Crippen molar-refractivity contribution in [3.05, 3.63) is 65.2 Å². The highest BCUT2D eigenvalue weighted by Crippen LogP contribution is 2.26. The van der Waals surface area contributed by atoms with Crippen molar-refractivity contribution in [2.75, 3.05) is 31.1 Å². The van der Waals surface area contributed by atoms with E-state index < -0.39 is 11.6 Å². The first kappa shape index (κ1) is 22.5. The van der Waals surface area contributed by atoms with Crippen molar-refractivity contribution in [2.45, 2.75) is 32.9 Å². The van der Waals surface area contributed by atoms with E-state index in [1.165, 1.54) is 18.2 Å². The molecule has 0 radical (unpaired) electrons.